The molecule has 0 aromatic heterocycles. The Balaban J connectivity index is 0.00000187. The van der Waals surface area contributed by atoms with Crippen molar-refractivity contribution in [3.05, 3.63) is 89.5 Å². The van der Waals surface area contributed by atoms with E-state index in [4.69, 9.17) is 4.74 Å². The molecule has 3 rings (SSSR count). The van der Waals surface area contributed by atoms with Crippen LogP contribution in [-0.2, 0) is 12.8 Å². The van der Waals surface area contributed by atoms with Crippen LogP contribution in [0.15, 0.2) is 72.8 Å². The fourth-order valence-electron chi connectivity index (χ4n) is 3.65. The standard InChI is InChI=1S/C29H34O2.C2H6/c1-4-6-7-8-23-9-13-25(14-10-23)26-15-17-27(18-16-26)29(30)31-28-19-11-24(12-20-28)21-22(3)5-2;1-2/h9-20,22H,4-8,21H2,1-3H3;1-2H3. The Kier molecular flexibility index (Phi) is 11.4. The van der Waals surface area contributed by atoms with Gasteiger partial charge in [0.25, 0.3) is 0 Å². The molecule has 0 heterocycles. The van der Waals surface area contributed by atoms with Gasteiger partial charge in [0.2, 0.25) is 0 Å². The van der Waals surface area contributed by atoms with Crippen molar-refractivity contribution in [2.24, 2.45) is 5.92 Å². The van der Waals surface area contributed by atoms with Crippen LogP contribution < -0.4 is 4.74 Å². The number of rotatable bonds is 10. The first-order chi connectivity index (χ1) is 16.1. The van der Waals surface area contributed by atoms with Gasteiger partial charge in [0, 0.05) is 0 Å². The van der Waals surface area contributed by atoms with Crippen LogP contribution in [-0.4, -0.2) is 5.97 Å². The molecular formula is C31H40O2. The van der Waals surface area contributed by atoms with E-state index in [2.05, 4.69) is 45.0 Å². The average Bonchev–Trinajstić information content (AvgIpc) is 2.87. The van der Waals surface area contributed by atoms with Crippen molar-refractivity contribution in [1.82, 2.24) is 0 Å². The second-order valence-electron chi connectivity index (χ2n) is 8.48. The molecule has 2 heteroatoms. The summed E-state index contributed by atoms with van der Waals surface area (Å²) >= 11 is 0. The van der Waals surface area contributed by atoms with Gasteiger partial charge in [-0.25, -0.2) is 4.79 Å². The second kappa shape index (κ2) is 14.3. The minimum absolute atomic E-state index is 0.326. The molecular weight excluding hydrogens is 404 g/mol. The Morgan fingerprint density at radius 1 is 0.758 bits per heavy atom. The first-order valence-corrected chi connectivity index (χ1v) is 12.6. The lowest BCUT2D eigenvalue weighted by atomic mass is 9.99. The van der Waals surface area contributed by atoms with Gasteiger partial charge in [-0.2, -0.15) is 0 Å². The van der Waals surface area contributed by atoms with Crippen molar-refractivity contribution in [3.8, 4) is 16.9 Å². The quantitative estimate of drug-likeness (QED) is 0.177. The van der Waals surface area contributed by atoms with Gasteiger partial charge in [0.1, 0.15) is 5.75 Å². The molecule has 0 saturated carbocycles. The number of carbonyl (C=O) groups is 1. The molecule has 176 valence electrons. The first-order valence-electron chi connectivity index (χ1n) is 12.6. The number of hydrogen-bond acceptors (Lipinski definition) is 2. The SMILES string of the molecule is CC.CCCCCc1ccc(-c2ccc(C(=O)Oc3ccc(CC(C)CC)cc3)cc2)cc1. The highest BCUT2D eigenvalue weighted by Crippen LogP contribution is 2.22. The van der Waals surface area contributed by atoms with Crippen LogP contribution in [0.4, 0.5) is 0 Å². The molecule has 0 aliphatic rings. The van der Waals surface area contributed by atoms with E-state index >= 15 is 0 Å². The number of benzene rings is 3. The van der Waals surface area contributed by atoms with E-state index in [-0.39, 0.29) is 5.97 Å². The zero-order valence-electron chi connectivity index (χ0n) is 21.1. The normalized spacial score (nSPS) is 11.3. The highest BCUT2D eigenvalue weighted by Gasteiger charge is 2.10. The molecule has 0 saturated heterocycles. The van der Waals surface area contributed by atoms with Crippen molar-refractivity contribution in [3.63, 3.8) is 0 Å². The number of unbranched alkanes of at least 4 members (excludes halogenated alkanes) is 2. The highest BCUT2D eigenvalue weighted by molar-refractivity contribution is 5.91. The third-order valence-electron chi connectivity index (χ3n) is 5.89. The summed E-state index contributed by atoms with van der Waals surface area (Å²) in [5.41, 5.74) is 5.48. The molecule has 0 bridgehead atoms. The smallest absolute Gasteiger partial charge is 0.343 e. The summed E-state index contributed by atoms with van der Waals surface area (Å²) in [7, 11) is 0. The monoisotopic (exact) mass is 444 g/mol. The Bertz CT molecular complexity index is 938. The van der Waals surface area contributed by atoms with E-state index in [9.17, 15) is 4.79 Å². The Hall–Kier alpha value is -2.87. The summed E-state index contributed by atoms with van der Waals surface area (Å²) in [6, 6.07) is 24.2. The average molecular weight is 445 g/mol. The molecule has 0 fully saturated rings. The molecule has 0 aliphatic heterocycles. The topological polar surface area (TPSA) is 26.3 Å². The van der Waals surface area contributed by atoms with Crippen LogP contribution in [0.25, 0.3) is 11.1 Å². The zero-order chi connectivity index (χ0) is 24.1. The van der Waals surface area contributed by atoms with E-state index < -0.39 is 0 Å². The van der Waals surface area contributed by atoms with Crippen LogP contribution in [0.3, 0.4) is 0 Å². The summed E-state index contributed by atoms with van der Waals surface area (Å²) in [6.07, 6.45) is 7.12. The van der Waals surface area contributed by atoms with Crippen molar-refractivity contribution < 1.29 is 9.53 Å². The summed E-state index contributed by atoms with van der Waals surface area (Å²) < 4.78 is 5.56. The zero-order valence-corrected chi connectivity index (χ0v) is 21.1. The second-order valence-corrected chi connectivity index (χ2v) is 8.48. The molecule has 0 spiro atoms. The third kappa shape index (κ3) is 8.53. The number of carbonyl (C=O) groups excluding carboxylic acids is 1. The van der Waals surface area contributed by atoms with Crippen LogP contribution in [0.5, 0.6) is 5.75 Å². The van der Waals surface area contributed by atoms with E-state index in [0.29, 0.717) is 17.2 Å². The largest absolute Gasteiger partial charge is 0.423 e. The van der Waals surface area contributed by atoms with Gasteiger partial charge in [-0.1, -0.05) is 102 Å². The predicted octanol–water partition coefficient (Wildman–Crippen LogP) is 8.92. The number of aryl methyl sites for hydroxylation is 1. The van der Waals surface area contributed by atoms with Gasteiger partial charge < -0.3 is 4.74 Å². The fourth-order valence-corrected chi connectivity index (χ4v) is 3.65. The van der Waals surface area contributed by atoms with Crippen molar-refractivity contribution in [1.29, 1.82) is 0 Å². The molecule has 0 aliphatic carbocycles. The third-order valence-corrected chi connectivity index (χ3v) is 5.89. The lowest BCUT2D eigenvalue weighted by Crippen LogP contribution is -2.08. The van der Waals surface area contributed by atoms with Crippen LogP contribution in [0.1, 0.15) is 81.8 Å². The van der Waals surface area contributed by atoms with Gasteiger partial charge in [0.15, 0.2) is 0 Å². The maximum atomic E-state index is 12.5. The van der Waals surface area contributed by atoms with Crippen LogP contribution in [0.2, 0.25) is 0 Å². The Morgan fingerprint density at radius 2 is 1.30 bits per heavy atom. The molecule has 0 amide bonds. The molecule has 0 N–H and O–H groups in total. The predicted molar refractivity (Wildman–Crippen MR) is 141 cm³/mol. The minimum atomic E-state index is -0.326. The summed E-state index contributed by atoms with van der Waals surface area (Å²) in [6.45, 7) is 10.7. The molecule has 1 atom stereocenters. The van der Waals surface area contributed by atoms with Gasteiger partial charge in [-0.15, -0.1) is 0 Å². The van der Waals surface area contributed by atoms with E-state index in [1.807, 2.05) is 62.4 Å². The molecule has 2 nitrogen and oxygen atoms in total. The van der Waals surface area contributed by atoms with Gasteiger partial charge in [-0.3, -0.25) is 0 Å². The molecule has 1 unspecified atom stereocenters. The van der Waals surface area contributed by atoms with Crippen molar-refractivity contribution >= 4 is 5.97 Å². The number of ether oxygens (including phenoxy) is 1. The lowest BCUT2D eigenvalue weighted by Gasteiger charge is -2.10. The van der Waals surface area contributed by atoms with Crippen LogP contribution >= 0.6 is 0 Å². The molecule has 33 heavy (non-hydrogen) atoms. The Labute approximate surface area is 201 Å². The van der Waals surface area contributed by atoms with E-state index in [0.717, 1.165) is 30.4 Å². The fraction of sp³-hybridized carbons (Fsp3) is 0.387. The van der Waals surface area contributed by atoms with Gasteiger partial charge in [-0.05, 0) is 71.7 Å². The summed E-state index contributed by atoms with van der Waals surface area (Å²) in [5.74, 6) is 0.914. The number of hydrogen-bond donors (Lipinski definition) is 0. The molecule has 3 aromatic carbocycles. The first kappa shape index (κ1) is 26.4. The van der Waals surface area contributed by atoms with Crippen molar-refractivity contribution in [2.75, 3.05) is 0 Å². The maximum Gasteiger partial charge on any atom is 0.343 e. The molecule has 0 radical (unpaired) electrons. The molecule has 3 aromatic rings. The van der Waals surface area contributed by atoms with Crippen molar-refractivity contribution in [2.45, 2.75) is 73.1 Å². The van der Waals surface area contributed by atoms with Crippen LogP contribution in [0, 0.1) is 5.92 Å². The van der Waals surface area contributed by atoms with Gasteiger partial charge in [0.05, 0.1) is 5.56 Å². The highest BCUT2D eigenvalue weighted by atomic mass is 16.5. The van der Waals surface area contributed by atoms with E-state index in [1.165, 1.54) is 30.4 Å². The number of esters is 1. The Morgan fingerprint density at radius 3 is 1.85 bits per heavy atom. The summed E-state index contributed by atoms with van der Waals surface area (Å²) in [5, 5.41) is 0. The maximum absolute atomic E-state index is 12.5. The lowest BCUT2D eigenvalue weighted by molar-refractivity contribution is 0.0734. The minimum Gasteiger partial charge on any atom is -0.423 e. The summed E-state index contributed by atoms with van der Waals surface area (Å²) in [4.78, 5) is 12.5. The van der Waals surface area contributed by atoms with Gasteiger partial charge >= 0.3 is 5.97 Å². The van der Waals surface area contributed by atoms with E-state index in [1.54, 1.807) is 0 Å².